The summed E-state index contributed by atoms with van der Waals surface area (Å²) >= 11 is 6.40. The SMILES string of the molecule is O=C([C@@H]1CCc2c(Cl)cc(NCc3ccc(F)cc3)c(=O)n21)N1CCCC1. The second-order valence-electron chi connectivity index (χ2n) is 7.09. The van der Waals surface area contributed by atoms with Crippen LogP contribution in [0.4, 0.5) is 10.1 Å². The Hall–Kier alpha value is -2.34. The average Bonchev–Trinajstić information content (AvgIpc) is 3.34. The molecule has 1 saturated heterocycles. The van der Waals surface area contributed by atoms with E-state index in [1.807, 2.05) is 4.90 Å². The van der Waals surface area contributed by atoms with Gasteiger partial charge in [0.1, 0.15) is 17.5 Å². The number of halogens is 2. The molecule has 4 rings (SSSR count). The molecular weight excluding hydrogens is 369 g/mol. The Morgan fingerprint density at radius 1 is 1.22 bits per heavy atom. The van der Waals surface area contributed by atoms with E-state index in [9.17, 15) is 14.0 Å². The minimum Gasteiger partial charge on any atom is -0.376 e. The van der Waals surface area contributed by atoms with E-state index in [2.05, 4.69) is 5.32 Å². The van der Waals surface area contributed by atoms with Crippen LogP contribution in [-0.4, -0.2) is 28.5 Å². The summed E-state index contributed by atoms with van der Waals surface area (Å²) in [7, 11) is 0. The van der Waals surface area contributed by atoms with Crippen LogP contribution in [0.2, 0.25) is 5.02 Å². The highest BCUT2D eigenvalue weighted by molar-refractivity contribution is 6.31. The molecule has 2 aliphatic rings. The molecule has 1 aromatic heterocycles. The molecule has 1 atom stereocenters. The second-order valence-corrected chi connectivity index (χ2v) is 7.50. The van der Waals surface area contributed by atoms with Gasteiger partial charge in [0.15, 0.2) is 0 Å². The van der Waals surface area contributed by atoms with Gasteiger partial charge >= 0.3 is 0 Å². The Kier molecular flexibility index (Phi) is 4.91. The number of aromatic nitrogens is 1. The lowest BCUT2D eigenvalue weighted by atomic mass is 10.2. The molecule has 1 aromatic carbocycles. The monoisotopic (exact) mass is 389 g/mol. The highest BCUT2D eigenvalue weighted by Gasteiger charge is 2.35. The lowest BCUT2D eigenvalue weighted by Crippen LogP contribution is -2.38. The summed E-state index contributed by atoms with van der Waals surface area (Å²) in [5, 5.41) is 3.58. The van der Waals surface area contributed by atoms with Crippen molar-refractivity contribution in [1.29, 1.82) is 0 Å². The quantitative estimate of drug-likeness (QED) is 0.872. The van der Waals surface area contributed by atoms with E-state index >= 15 is 0 Å². The van der Waals surface area contributed by atoms with Crippen molar-refractivity contribution in [2.24, 2.45) is 0 Å². The van der Waals surface area contributed by atoms with Crippen LogP contribution in [0, 0.1) is 5.82 Å². The lowest BCUT2D eigenvalue weighted by Gasteiger charge is -2.22. The zero-order chi connectivity index (χ0) is 19.0. The van der Waals surface area contributed by atoms with Crippen molar-refractivity contribution in [2.45, 2.75) is 38.3 Å². The van der Waals surface area contributed by atoms with Crippen molar-refractivity contribution < 1.29 is 9.18 Å². The minimum atomic E-state index is -0.476. The number of likely N-dealkylation sites (tertiary alicyclic amines) is 1. The molecule has 27 heavy (non-hydrogen) atoms. The van der Waals surface area contributed by atoms with Gasteiger partial charge in [-0.3, -0.25) is 14.2 Å². The molecule has 7 heteroatoms. The Balaban J connectivity index is 1.60. The number of nitrogens with zero attached hydrogens (tertiary/aromatic N) is 2. The van der Waals surface area contributed by atoms with Crippen LogP contribution in [0.25, 0.3) is 0 Å². The summed E-state index contributed by atoms with van der Waals surface area (Å²) in [5.41, 5.74) is 1.70. The number of fused-ring (bicyclic) bond motifs is 1. The zero-order valence-corrected chi connectivity index (χ0v) is 15.6. The number of hydrogen-bond acceptors (Lipinski definition) is 3. The summed E-state index contributed by atoms with van der Waals surface area (Å²) in [6.45, 7) is 1.89. The molecule has 0 bridgehead atoms. The van der Waals surface area contributed by atoms with E-state index in [-0.39, 0.29) is 17.3 Å². The maximum atomic E-state index is 13.0. The van der Waals surface area contributed by atoms with Gasteiger partial charge in [-0.25, -0.2) is 4.39 Å². The molecule has 2 aromatic rings. The van der Waals surface area contributed by atoms with E-state index in [1.165, 1.54) is 12.1 Å². The topological polar surface area (TPSA) is 54.3 Å². The lowest BCUT2D eigenvalue weighted by molar-refractivity contribution is -0.133. The molecule has 3 heterocycles. The number of carbonyl (C=O) groups is 1. The second kappa shape index (κ2) is 7.35. The van der Waals surface area contributed by atoms with Gasteiger partial charge in [-0.1, -0.05) is 23.7 Å². The molecule has 0 radical (unpaired) electrons. The van der Waals surface area contributed by atoms with Crippen molar-refractivity contribution in [3.63, 3.8) is 0 Å². The third-order valence-corrected chi connectivity index (χ3v) is 5.68. The molecule has 0 unspecified atom stereocenters. The first-order valence-electron chi connectivity index (χ1n) is 9.25. The summed E-state index contributed by atoms with van der Waals surface area (Å²) in [6.07, 6.45) is 3.25. The van der Waals surface area contributed by atoms with Crippen LogP contribution in [0.1, 0.15) is 36.6 Å². The van der Waals surface area contributed by atoms with Crippen LogP contribution in [0.3, 0.4) is 0 Å². The van der Waals surface area contributed by atoms with E-state index in [4.69, 9.17) is 11.6 Å². The van der Waals surface area contributed by atoms with E-state index in [1.54, 1.807) is 22.8 Å². The van der Waals surface area contributed by atoms with Gasteiger partial charge in [0.25, 0.3) is 5.56 Å². The number of amides is 1. The fourth-order valence-electron chi connectivity index (χ4n) is 3.92. The van der Waals surface area contributed by atoms with Crippen molar-refractivity contribution in [3.05, 3.63) is 62.8 Å². The van der Waals surface area contributed by atoms with Crippen LogP contribution in [0.5, 0.6) is 0 Å². The van der Waals surface area contributed by atoms with Crippen molar-refractivity contribution >= 4 is 23.2 Å². The molecule has 2 aliphatic heterocycles. The van der Waals surface area contributed by atoms with E-state index in [0.29, 0.717) is 30.1 Å². The number of carbonyl (C=O) groups excluding carboxylic acids is 1. The third-order valence-electron chi connectivity index (χ3n) is 5.35. The molecule has 0 aliphatic carbocycles. The summed E-state index contributed by atoms with van der Waals surface area (Å²) in [5.74, 6) is -0.289. The Bertz CT molecular complexity index is 920. The molecule has 142 valence electrons. The van der Waals surface area contributed by atoms with E-state index in [0.717, 1.165) is 37.2 Å². The van der Waals surface area contributed by atoms with Gasteiger partial charge in [0.05, 0.1) is 5.02 Å². The number of anilines is 1. The standard InChI is InChI=1S/C20H21ClFN3O2/c21-15-11-16(23-12-13-3-5-14(22)6-4-13)19(26)25-17(15)7-8-18(25)20(27)24-9-1-2-10-24/h3-6,11,18,23H,1-2,7-10,12H2/t18-/m0/s1. The smallest absolute Gasteiger partial charge is 0.274 e. The number of hydrogen-bond donors (Lipinski definition) is 1. The first kappa shape index (κ1) is 18.0. The highest BCUT2D eigenvalue weighted by atomic mass is 35.5. The van der Waals surface area contributed by atoms with E-state index < -0.39 is 6.04 Å². The molecule has 1 fully saturated rings. The maximum absolute atomic E-state index is 13.0. The molecule has 1 amide bonds. The van der Waals surface area contributed by atoms with Crippen LogP contribution < -0.4 is 10.9 Å². The van der Waals surface area contributed by atoms with Gasteiger partial charge in [0.2, 0.25) is 5.91 Å². The first-order chi connectivity index (χ1) is 13.0. The van der Waals surface area contributed by atoms with Crippen molar-refractivity contribution in [1.82, 2.24) is 9.47 Å². The molecule has 0 spiro atoms. The maximum Gasteiger partial charge on any atom is 0.274 e. The minimum absolute atomic E-state index is 0.0140. The number of pyridine rings is 1. The van der Waals surface area contributed by atoms with Crippen molar-refractivity contribution in [3.8, 4) is 0 Å². The largest absolute Gasteiger partial charge is 0.376 e. The first-order valence-corrected chi connectivity index (χ1v) is 9.63. The molecular formula is C20H21ClFN3O2. The number of nitrogens with one attached hydrogen (secondary N) is 1. The third kappa shape index (κ3) is 3.46. The normalized spacial score (nSPS) is 18.6. The Morgan fingerprint density at radius 3 is 2.63 bits per heavy atom. The van der Waals surface area contributed by atoms with Gasteiger partial charge < -0.3 is 10.2 Å². The number of rotatable bonds is 4. The Morgan fingerprint density at radius 2 is 1.93 bits per heavy atom. The molecule has 0 saturated carbocycles. The van der Waals surface area contributed by atoms with Gasteiger partial charge in [-0.15, -0.1) is 0 Å². The predicted octanol–water partition coefficient (Wildman–Crippen LogP) is 3.36. The Labute approximate surface area is 161 Å². The van der Waals surface area contributed by atoms with Gasteiger partial charge in [-0.05, 0) is 49.4 Å². The molecule has 5 nitrogen and oxygen atoms in total. The summed E-state index contributed by atoms with van der Waals surface area (Å²) in [6, 6.07) is 7.23. The molecule has 1 N–H and O–H groups in total. The predicted molar refractivity (Wildman–Crippen MR) is 103 cm³/mol. The summed E-state index contributed by atoms with van der Waals surface area (Å²) in [4.78, 5) is 27.7. The fourth-order valence-corrected chi connectivity index (χ4v) is 4.21. The van der Waals surface area contributed by atoms with Crippen LogP contribution in [-0.2, 0) is 17.8 Å². The van der Waals surface area contributed by atoms with Gasteiger partial charge in [0, 0.05) is 25.3 Å². The zero-order valence-electron chi connectivity index (χ0n) is 14.9. The fraction of sp³-hybridized carbons (Fsp3) is 0.400. The summed E-state index contributed by atoms with van der Waals surface area (Å²) < 4.78 is 14.6. The van der Waals surface area contributed by atoms with Crippen LogP contribution in [0.15, 0.2) is 35.1 Å². The van der Waals surface area contributed by atoms with Gasteiger partial charge in [-0.2, -0.15) is 0 Å². The number of benzene rings is 1. The van der Waals surface area contributed by atoms with Crippen molar-refractivity contribution in [2.75, 3.05) is 18.4 Å². The van der Waals surface area contributed by atoms with Crippen LogP contribution >= 0.6 is 11.6 Å². The highest BCUT2D eigenvalue weighted by Crippen LogP contribution is 2.32. The average molecular weight is 390 g/mol.